The van der Waals surface area contributed by atoms with Crippen LogP contribution in [0.15, 0.2) is 30.3 Å². The number of nitrogens with zero attached hydrogens (tertiary/aromatic N) is 4. The van der Waals surface area contributed by atoms with E-state index < -0.39 is 12.1 Å². The van der Waals surface area contributed by atoms with Gasteiger partial charge in [0.1, 0.15) is 12.4 Å². The van der Waals surface area contributed by atoms with E-state index in [0.717, 1.165) is 5.56 Å². The SMILES string of the molecule is O=C(O)c1nc2n(n1)CCCN(C(=O)OCc1ccccc1)C2. The normalized spacial score (nSPS) is 14.0. The van der Waals surface area contributed by atoms with Gasteiger partial charge in [-0.25, -0.2) is 19.3 Å². The molecule has 1 aromatic carbocycles. The molecule has 0 saturated heterocycles. The highest BCUT2D eigenvalue weighted by molar-refractivity contribution is 5.82. The third kappa shape index (κ3) is 3.47. The molecule has 1 aliphatic rings. The highest BCUT2D eigenvalue weighted by Crippen LogP contribution is 2.13. The van der Waals surface area contributed by atoms with Crippen LogP contribution in [0, 0.1) is 0 Å². The molecule has 8 nitrogen and oxygen atoms in total. The van der Waals surface area contributed by atoms with Crippen LogP contribution in [0.2, 0.25) is 0 Å². The Morgan fingerprint density at radius 1 is 1.22 bits per heavy atom. The summed E-state index contributed by atoms with van der Waals surface area (Å²) in [7, 11) is 0. The summed E-state index contributed by atoms with van der Waals surface area (Å²) < 4.78 is 6.84. The molecule has 0 atom stereocenters. The molecule has 1 aromatic heterocycles. The van der Waals surface area contributed by atoms with Crippen LogP contribution in [-0.4, -0.2) is 43.4 Å². The zero-order valence-electron chi connectivity index (χ0n) is 12.4. The largest absolute Gasteiger partial charge is 0.475 e. The minimum atomic E-state index is -1.18. The van der Waals surface area contributed by atoms with Gasteiger partial charge >= 0.3 is 12.1 Å². The second-order valence-electron chi connectivity index (χ2n) is 5.20. The maximum absolute atomic E-state index is 12.2. The summed E-state index contributed by atoms with van der Waals surface area (Å²) in [5.74, 6) is -0.972. The third-order valence-electron chi connectivity index (χ3n) is 3.53. The number of amides is 1. The van der Waals surface area contributed by atoms with Gasteiger partial charge in [0, 0.05) is 13.1 Å². The van der Waals surface area contributed by atoms with Crippen molar-refractivity contribution in [3.63, 3.8) is 0 Å². The summed E-state index contributed by atoms with van der Waals surface area (Å²) in [6.07, 6.45) is 0.220. The van der Waals surface area contributed by atoms with E-state index in [1.54, 1.807) is 0 Å². The molecule has 3 rings (SSSR count). The molecule has 1 N–H and O–H groups in total. The first-order valence-corrected chi connectivity index (χ1v) is 7.26. The molecule has 23 heavy (non-hydrogen) atoms. The van der Waals surface area contributed by atoms with Crippen LogP contribution >= 0.6 is 0 Å². The fourth-order valence-electron chi connectivity index (χ4n) is 2.39. The van der Waals surface area contributed by atoms with Gasteiger partial charge in [-0.2, -0.15) is 0 Å². The van der Waals surface area contributed by atoms with Gasteiger partial charge in [0.25, 0.3) is 5.82 Å². The monoisotopic (exact) mass is 316 g/mol. The first-order chi connectivity index (χ1) is 11.1. The summed E-state index contributed by atoms with van der Waals surface area (Å²) in [5.41, 5.74) is 0.909. The third-order valence-corrected chi connectivity index (χ3v) is 3.53. The van der Waals surface area contributed by atoms with Crippen LogP contribution in [0.5, 0.6) is 0 Å². The molecule has 2 aromatic rings. The van der Waals surface area contributed by atoms with Gasteiger partial charge < -0.3 is 14.7 Å². The molecule has 2 heterocycles. The van der Waals surface area contributed by atoms with Crippen molar-refractivity contribution in [1.29, 1.82) is 0 Å². The lowest BCUT2D eigenvalue weighted by Crippen LogP contribution is -2.31. The van der Waals surface area contributed by atoms with Crippen molar-refractivity contribution in [2.24, 2.45) is 0 Å². The highest BCUT2D eigenvalue weighted by Gasteiger charge is 2.24. The summed E-state index contributed by atoms with van der Waals surface area (Å²) in [4.78, 5) is 28.6. The number of carbonyl (C=O) groups is 2. The zero-order valence-corrected chi connectivity index (χ0v) is 12.4. The predicted octanol–water partition coefficient (Wildman–Crippen LogP) is 1.52. The van der Waals surface area contributed by atoms with Crippen LogP contribution in [0.3, 0.4) is 0 Å². The molecule has 1 aliphatic heterocycles. The molecule has 0 bridgehead atoms. The highest BCUT2D eigenvalue weighted by atomic mass is 16.6. The summed E-state index contributed by atoms with van der Waals surface area (Å²) >= 11 is 0. The lowest BCUT2D eigenvalue weighted by molar-refractivity contribution is 0.0683. The Labute approximate surface area is 132 Å². The average molecular weight is 316 g/mol. The molecular weight excluding hydrogens is 300 g/mol. The number of aromatic nitrogens is 3. The van der Waals surface area contributed by atoms with Crippen molar-refractivity contribution in [1.82, 2.24) is 19.7 Å². The molecule has 0 spiro atoms. The lowest BCUT2D eigenvalue weighted by Gasteiger charge is -2.19. The smallest absolute Gasteiger partial charge is 0.410 e. The number of benzene rings is 1. The van der Waals surface area contributed by atoms with Gasteiger partial charge in [-0.15, -0.1) is 5.10 Å². The number of ether oxygens (including phenoxy) is 1. The Hall–Kier alpha value is -2.90. The number of aryl methyl sites for hydroxylation is 1. The number of carboxylic acid groups (broad SMARTS) is 1. The average Bonchev–Trinajstić information content (AvgIpc) is 2.86. The molecule has 120 valence electrons. The number of aromatic carboxylic acids is 1. The van der Waals surface area contributed by atoms with Crippen LogP contribution in [-0.2, 0) is 24.4 Å². The first kappa shape index (κ1) is 15.0. The summed E-state index contributed by atoms with van der Waals surface area (Å²) in [6.45, 7) is 1.43. The van der Waals surface area contributed by atoms with Gasteiger partial charge in [0.2, 0.25) is 0 Å². The number of hydrogen-bond donors (Lipinski definition) is 1. The van der Waals surface area contributed by atoms with E-state index in [-0.39, 0.29) is 19.0 Å². The molecule has 8 heteroatoms. The molecule has 1 amide bonds. The molecular formula is C15H16N4O4. The van der Waals surface area contributed by atoms with Gasteiger partial charge in [0.15, 0.2) is 0 Å². The van der Waals surface area contributed by atoms with Crippen molar-refractivity contribution >= 4 is 12.1 Å². The van der Waals surface area contributed by atoms with Gasteiger partial charge in [-0.1, -0.05) is 30.3 Å². The number of carbonyl (C=O) groups excluding carboxylic acids is 1. The van der Waals surface area contributed by atoms with E-state index in [0.29, 0.717) is 25.3 Å². The van der Waals surface area contributed by atoms with E-state index in [4.69, 9.17) is 9.84 Å². The number of carboxylic acids is 1. The van der Waals surface area contributed by atoms with Crippen molar-refractivity contribution < 1.29 is 19.4 Å². The van der Waals surface area contributed by atoms with E-state index in [1.807, 2.05) is 30.3 Å². The summed E-state index contributed by atoms with van der Waals surface area (Å²) in [5, 5.41) is 12.9. The van der Waals surface area contributed by atoms with E-state index in [9.17, 15) is 9.59 Å². The van der Waals surface area contributed by atoms with Crippen LogP contribution < -0.4 is 0 Å². The number of rotatable bonds is 3. The maximum atomic E-state index is 12.2. The predicted molar refractivity (Wildman–Crippen MR) is 78.6 cm³/mol. The van der Waals surface area contributed by atoms with Crippen LogP contribution in [0.1, 0.15) is 28.4 Å². The standard InChI is InChI=1S/C15H16N4O4/c20-14(21)13-16-12-9-18(7-4-8-19(12)17-13)15(22)23-10-11-5-2-1-3-6-11/h1-3,5-6H,4,7-10H2,(H,20,21). The topological polar surface area (TPSA) is 97.5 Å². The van der Waals surface area contributed by atoms with Crippen molar-refractivity contribution in [2.75, 3.05) is 6.54 Å². The Morgan fingerprint density at radius 3 is 2.74 bits per heavy atom. The Morgan fingerprint density at radius 2 is 2.00 bits per heavy atom. The fraction of sp³-hybridized carbons (Fsp3) is 0.333. The van der Waals surface area contributed by atoms with Crippen LogP contribution in [0.25, 0.3) is 0 Å². The van der Waals surface area contributed by atoms with E-state index in [1.165, 1.54) is 9.58 Å². The van der Waals surface area contributed by atoms with Crippen molar-refractivity contribution in [3.8, 4) is 0 Å². The summed E-state index contributed by atoms with van der Waals surface area (Å²) in [6, 6.07) is 9.42. The van der Waals surface area contributed by atoms with Crippen molar-refractivity contribution in [3.05, 3.63) is 47.5 Å². The number of fused-ring (bicyclic) bond motifs is 1. The Bertz CT molecular complexity index is 714. The van der Waals surface area contributed by atoms with Gasteiger partial charge in [-0.3, -0.25) is 0 Å². The van der Waals surface area contributed by atoms with Gasteiger partial charge in [0.05, 0.1) is 6.54 Å². The quantitative estimate of drug-likeness (QED) is 0.922. The number of hydrogen-bond acceptors (Lipinski definition) is 5. The minimum absolute atomic E-state index is 0.188. The first-order valence-electron chi connectivity index (χ1n) is 7.26. The van der Waals surface area contributed by atoms with Crippen molar-refractivity contribution in [2.45, 2.75) is 26.1 Å². The second-order valence-corrected chi connectivity index (χ2v) is 5.20. The van der Waals surface area contributed by atoms with Gasteiger partial charge in [-0.05, 0) is 12.0 Å². The Kier molecular flexibility index (Phi) is 4.22. The molecule has 0 unspecified atom stereocenters. The molecule has 0 radical (unpaired) electrons. The second kappa shape index (κ2) is 6.47. The Balaban J connectivity index is 1.65. The minimum Gasteiger partial charge on any atom is -0.475 e. The molecule has 0 aliphatic carbocycles. The molecule has 0 saturated carbocycles. The molecule has 0 fully saturated rings. The zero-order chi connectivity index (χ0) is 16.2. The van der Waals surface area contributed by atoms with E-state index >= 15 is 0 Å². The fourth-order valence-corrected chi connectivity index (χ4v) is 2.39. The lowest BCUT2D eigenvalue weighted by atomic mass is 10.2. The maximum Gasteiger partial charge on any atom is 0.410 e. The van der Waals surface area contributed by atoms with Crippen LogP contribution in [0.4, 0.5) is 4.79 Å². The van der Waals surface area contributed by atoms with E-state index in [2.05, 4.69) is 10.1 Å².